The van der Waals surface area contributed by atoms with Crippen LogP contribution >= 0.6 is 22.9 Å². The molecule has 1 heterocycles. The van der Waals surface area contributed by atoms with E-state index in [2.05, 4.69) is 10.3 Å². The second-order valence-electron chi connectivity index (χ2n) is 4.58. The average molecular weight is 295 g/mol. The van der Waals surface area contributed by atoms with Crippen LogP contribution in [0.4, 0.5) is 5.13 Å². The first-order valence-electron chi connectivity index (χ1n) is 6.01. The molecule has 1 aromatic carbocycles. The van der Waals surface area contributed by atoms with E-state index in [-0.39, 0.29) is 11.8 Å². The molecule has 0 spiro atoms. The number of rotatable bonds is 3. The number of thiazole rings is 1. The highest BCUT2D eigenvalue weighted by molar-refractivity contribution is 7.16. The molecule has 0 atom stereocenters. The largest absolute Gasteiger partial charge is 0.302 e. The first-order chi connectivity index (χ1) is 8.97. The smallest absolute Gasteiger partial charge is 0.228 e. The van der Waals surface area contributed by atoms with E-state index in [1.165, 1.54) is 11.3 Å². The lowest BCUT2D eigenvalue weighted by molar-refractivity contribution is -0.118. The number of amides is 1. The Hall–Kier alpha value is -1.39. The van der Waals surface area contributed by atoms with Gasteiger partial charge in [0.2, 0.25) is 5.91 Å². The molecule has 19 heavy (non-hydrogen) atoms. The number of benzene rings is 1. The summed E-state index contributed by atoms with van der Waals surface area (Å²) in [4.78, 5) is 17.2. The van der Waals surface area contributed by atoms with Crippen LogP contribution in [0.3, 0.4) is 0 Å². The molecule has 0 aliphatic heterocycles. The Morgan fingerprint density at radius 1 is 1.42 bits per heavy atom. The van der Waals surface area contributed by atoms with Gasteiger partial charge >= 0.3 is 0 Å². The topological polar surface area (TPSA) is 42.0 Å². The van der Waals surface area contributed by atoms with Crippen molar-refractivity contribution in [2.24, 2.45) is 5.92 Å². The summed E-state index contributed by atoms with van der Waals surface area (Å²) in [5.41, 5.74) is 1.83. The standard InChI is InChI=1S/C14H15ClN2OS/c1-8(2)13(18)17-14-16-12(9(3)19-14)10-5-4-6-11(15)7-10/h4-8H,1-3H3,(H,16,17,18). The Bertz CT molecular complexity index is 607. The van der Waals surface area contributed by atoms with Crippen molar-refractivity contribution in [3.63, 3.8) is 0 Å². The molecule has 0 fully saturated rings. The maximum atomic E-state index is 11.7. The third kappa shape index (κ3) is 3.33. The summed E-state index contributed by atoms with van der Waals surface area (Å²) >= 11 is 7.46. The Labute approximate surface area is 121 Å². The van der Waals surface area contributed by atoms with E-state index in [1.54, 1.807) is 0 Å². The summed E-state index contributed by atoms with van der Waals surface area (Å²) in [7, 11) is 0. The molecule has 1 aromatic heterocycles. The van der Waals surface area contributed by atoms with E-state index >= 15 is 0 Å². The molecule has 1 N–H and O–H groups in total. The number of hydrogen-bond acceptors (Lipinski definition) is 3. The number of anilines is 1. The normalized spacial score (nSPS) is 10.8. The van der Waals surface area contributed by atoms with Gasteiger partial charge in [-0.2, -0.15) is 0 Å². The molecule has 1 amide bonds. The van der Waals surface area contributed by atoms with Gasteiger partial charge in [-0.25, -0.2) is 4.98 Å². The molecule has 0 bridgehead atoms. The van der Waals surface area contributed by atoms with Crippen molar-refractivity contribution in [1.82, 2.24) is 4.98 Å². The fraction of sp³-hybridized carbons (Fsp3) is 0.286. The van der Waals surface area contributed by atoms with Gasteiger partial charge < -0.3 is 5.32 Å². The van der Waals surface area contributed by atoms with E-state index in [9.17, 15) is 4.79 Å². The summed E-state index contributed by atoms with van der Waals surface area (Å²) in [6.07, 6.45) is 0. The van der Waals surface area contributed by atoms with Gasteiger partial charge in [0.05, 0.1) is 5.69 Å². The summed E-state index contributed by atoms with van der Waals surface area (Å²) in [5, 5.41) is 4.13. The first-order valence-corrected chi connectivity index (χ1v) is 7.21. The molecule has 0 aliphatic rings. The minimum absolute atomic E-state index is 0.0219. The minimum Gasteiger partial charge on any atom is -0.302 e. The van der Waals surface area contributed by atoms with Crippen molar-refractivity contribution in [1.29, 1.82) is 0 Å². The zero-order valence-electron chi connectivity index (χ0n) is 11.0. The summed E-state index contributed by atoms with van der Waals surface area (Å²) in [6.45, 7) is 5.69. The van der Waals surface area contributed by atoms with Crippen molar-refractivity contribution >= 4 is 34.0 Å². The summed E-state index contributed by atoms with van der Waals surface area (Å²) in [6, 6.07) is 7.55. The number of nitrogens with one attached hydrogen (secondary N) is 1. The molecule has 2 aromatic rings. The van der Waals surface area contributed by atoms with Gasteiger partial charge in [0.25, 0.3) is 0 Å². The minimum atomic E-state index is -0.0566. The lowest BCUT2D eigenvalue weighted by atomic mass is 10.1. The number of hydrogen-bond donors (Lipinski definition) is 1. The molecule has 2 rings (SSSR count). The maximum Gasteiger partial charge on any atom is 0.228 e. The van der Waals surface area contributed by atoms with Gasteiger partial charge in [0, 0.05) is 21.4 Å². The van der Waals surface area contributed by atoms with E-state index in [4.69, 9.17) is 11.6 Å². The lowest BCUT2D eigenvalue weighted by Crippen LogP contribution is -2.17. The molecule has 0 saturated carbocycles. The van der Waals surface area contributed by atoms with Crippen LogP contribution in [0.15, 0.2) is 24.3 Å². The SMILES string of the molecule is Cc1sc(NC(=O)C(C)C)nc1-c1cccc(Cl)c1. The van der Waals surface area contributed by atoms with E-state index < -0.39 is 0 Å². The van der Waals surface area contributed by atoms with Crippen molar-refractivity contribution in [3.05, 3.63) is 34.2 Å². The van der Waals surface area contributed by atoms with E-state index in [0.717, 1.165) is 16.1 Å². The van der Waals surface area contributed by atoms with Crippen LogP contribution in [0.5, 0.6) is 0 Å². The Morgan fingerprint density at radius 2 is 2.16 bits per heavy atom. The third-order valence-corrected chi connectivity index (χ3v) is 3.77. The molecular weight excluding hydrogens is 280 g/mol. The fourth-order valence-corrected chi connectivity index (χ4v) is 2.63. The fourth-order valence-electron chi connectivity index (χ4n) is 1.60. The van der Waals surface area contributed by atoms with Gasteiger partial charge in [0.15, 0.2) is 5.13 Å². The van der Waals surface area contributed by atoms with Gasteiger partial charge in [0.1, 0.15) is 0 Å². The zero-order valence-corrected chi connectivity index (χ0v) is 12.6. The molecule has 3 nitrogen and oxygen atoms in total. The van der Waals surface area contributed by atoms with Crippen LogP contribution in [0, 0.1) is 12.8 Å². The average Bonchev–Trinajstić information content (AvgIpc) is 2.70. The summed E-state index contributed by atoms with van der Waals surface area (Å²) < 4.78 is 0. The molecule has 5 heteroatoms. The third-order valence-electron chi connectivity index (χ3n) is 2.65. The zero-order chi connectivity index (χ0) is 14.0. The molecule has 100 valence electrons. The van der Waals surface area contributed by atoms with Gasteiger partial charge in [-0.3, -0.25) is 4.79 Å². The predicted octanol–water partition coefficient (Wildman–Crippen LogP) is 4.37. The Kier molecular flexibility index (Phi) is 4.22. The number of aromatic nitrogens is 1. The van der Waals surface area contributed by atoms with Crippen LogP contribution in [0.25, 0.3) is 11.3 Å². The highest BCUT2D eigenvalue weighted by Gasteiger charge is 2.13. The Morgan fingerprint density at radius 3 is 2.79 bits per heavy atom. The van der Waals surface area contributed by atoms with Gasteiger partial charge in [-0.05, 0) is 19.1 Å². The molecule has 0 unspecified atom stereocenters. The van der Waals surface area contributed by atoms with Crippen molar-refractivity contribution in [3.8, 4) is 11.3 Å². The second-order valence-corrected chi connectivity index (χ2v) is 6.22. The van der Waals surface area contributed by atoms with Gasteiger partial charge in [-0.15, -0.1) is 11.3 Å². The number of nitrogens with zero attached hydrogens (tertiary/aromatic N) is 1. The second kappa shape index (κ2) is 5.72. The van der Waals surface area contributed by atoms with Crippen LogP contribution < -0.4 is 5.32 Å². The molecule has 0 radical (unpaired) electrons. The Balaban J connectivity index is 2.29. The number of carbonyl (C=O) groups excluding carboxylic acids is 1. The predicted molar refractivity (Wildman–Crippen MR) is 80.8 cm³/mol. The quantitative estimate of drug-likeness (QED) is 0.913. The van der Waals surface area contributed by atoms with Crippen molar-refractivity contribution in [2.75, 3.05) is 5.32 Å². The number of halogens is 1. The van der Waals surface area contributed by atoms with Crippen LogP contribution in [0.1, 0.15) is 18.7 Å². The number of carbonyl (C=O) groups is 1. The molecule has 0 saturated heterocycles. The van der Waals surface area contributed by atoms with E-state index in [1.807, 2.05) is 45.0 Å². The van der Waals surface area contributed by atoms with Crippen molar-refractivity contribution in [2.45, 2.75) is 20.8 Å². The van der Waals surface area contributed by atoms with Gasteiger partial charge in [-0.1, -0.05) is 37.6 Å². The first kappa shape index (κ1) is 14.0. The lowest BCUT2D eigenvalue weighted by Gasteiger charge is -2.03. The highest BCUT2D eigenvalue weighted by atomic mass is 35.5. The summed E-state index contributed by atoms with van der Waals surface area (Å²) in [5.74, 6) is -0.0785. The van der Waals surface area contributed by atoms with Crippen molar-refractivity contribution < 1.29 is 4.79 Å². The molecular formula is C14H15ClN2OS. The molecule has 0 aliphatic carbocycles. The number of aryl methyl sites for hydroxylation is 1. The van der Waals surface area contributed by atoms with Crippen LogP contribution in [-0.2, 0) is 4.79 Å². The highest BCUT2D eigenvalue weighted by Crippen LogP contribution is 2.31. The maximum absolute atomic E-state index is 11.7. The van der Waals surface area contributed by atoms with Crippen LogP contribution in [-0.4, -0.2) is 10.9 Å². The van der Waals surface area contributed by atoms with E-state index in [0.29, 0.717) is 10.2 Å². The monoisotopic (exact) mass is 294 g/mol. The van der Waals surface area contributed by atoms with Crippen LogP contribution in [0.2, 0.25) is 5.02 Å².